The summed E-state index contributed by atoms with van der Waals surface area (Å²) in [5.41, 5.74) is 0.978. The van der Waals surface area contributed by atoms with Crippen LogP contribution in [0.25, 0.3) is 15.3 Å². The van der Waals surface area contributed by atoms with Crippen LogP contribution in [0.15, 0.2) is 23.8 Å². The fourth-order valence-corrected chi connectivity index (χ4v) is 4.29. The predicted octanol–water partition coefficient (Wildman–Crippen LogP) is 3.63. The summed E-state index contributed by atoms with van der Waals surface area (Å²) in [5.74, 6) is -0.133. The molecule has 0 saturated heterocycles. The molecule has 0 aliphatic heterocycles. The minimum absolute atomic E-state index is 0.133. The number of thiazole rings is 2. The predicted molar refractivity (Wildman–Crippen MR) is 83.3 cm³/mol. The van der Waals surface area contributed by atoms with Crippen molar-refractivity contribution in [1.29, 1.82) is 0 Å². The lowest BCUT2D eigenvalue weighted by molar-refractivity contribution is 0.103. The fraction of sp³-hybridized carbons (Fsp3) is 0.0833. The highest BCUT2D eigenvalue weighted by Gasteiger charge is 2.15. The van der Waals surface area contributed by atoms with Crippen molar-refractivity contribution in [3.8, 4) is 0 Å². The molecule has 0 aromatic carbocycles. The van der Waals surface area contributed by atoms with Gasteiger partial charge in [0.15, 0.2) is 10.1 Å². The highest BCUT2D eigenvalue weighted by molar-refractivity contribution is 7.21. The molecular weight excluding hydrogens is 312 g/mol. The molecule has 8 heteroatoms. The lowest BCUT2D eigenvalue weighted by Crippen LogP contribution is -2.09. The molecule has 1 N–H and O–H groups in total. The molecule has 1 amide bonds. The Hall–Kier alpha value is -1.77. The van der Waals surface area contributed by atoms with Gasteiger partial charge < -0.3 is 0 Å². The Labute approximate surface area is 125 Å². The first-order valence-corrected chi connectivity index (χ1v) is 8.31. The van der Waals surface area contributed by atoms with Crippen LogP contribution in [0.1, 0.15) is 14.5 Å². The van der Waals surface area contributed by atoms with Crippen molar-refractivity contribution in [3.63, 3.8) is 0 Å². The number of aryl methyl sites for hydroxylation is 1. The Kier molecular flexibility index (Phi) is 2.62. The van der Waals surface area contributed by atoms with Gasteiger partial charge >= 0.3 is 0 Å². The molecule has 0 aliphatic rings. The number of aromatic nitrogens is 3. The zero-order valence-corrected chi connectivity index (χ0v) is 12.7. The van der Waals surface area contributed by atoms with E-state index in [1.54, 1.807) is 17.5 Å². The van der Waals surface area contributed by atoms with Crippen LogP contribution in [0, 0.1) is 6.92 Å². The minimum Gasteiger partial charge on any atom is -0.297 e. The average molecular weight is 320 g/mol. The first-order chi connectivity index (χ1) is 9.70. The maximum Gasteiger partial charge on any atom is 0.267 e. The number of hydrogen-bond donors (Lipinski definition) is 1. The number of nitrogens with one attached hydrogen (secondary N) is 1. The van der Waals surface area contributed by atoms with Gasteiger partial charge in [-0.05, 0) is 13.0 Å². The molecule has 0 spiro atoms. The molecule has 4 heterocycles. The number of carbonyl (C=O) groups excluding carboxylic acids is 1. The number of carbonyl (C=O) groups is 1. The summed E-state index contributed by atoms with van der Waals surface area (Å²) in [4.78, 5) is 24.4. The third-order valence-electron chi connectivity index (χ3n) is 2.81. The van der Waals surface area contributed by atoms with Crippen LogP contribution in [0.2, 0.25) is 0 Å². The summed E-state index contributed by atoms with van der Waals surface area (Å²) in [6.45, 7) is 1.96. The molecular formula is C12H8N4OS3. The Morgan fingerprint density at radius 3 is 3.10 bits per heavy atom. The molecule has 0 unspecified atom stereocenters. The molecule has 0 saturated carbocycles. The molecule has 100 valence electrons. The van der Waals surface area contributed by atoms with Gasteiger partial charge in [0, 0.05) is 22.7 Å². The van der Waals surface area contributed by atoms with Gasteiger partial charge in [-0.25, -0.2) is 9.97 Å². The minimum atomic E-state index is -0.133. The number of anilines is 1. The second-order valence-electron chi connectivity index (χ2n) is 4.20. The highest BCUT2D eigenvalue weighted by atomic mass is 32.1. The molecule has 0 atom stereocenters. The Bertz CT molecular complexity index is 929. The first kappa shape index (κ1) is 12.0. The molecule has 4 aromatic rings. The zero-order valence-electron chi connectivity index (χ0n) is 10.3. The van der Waals surface area contributed by atoms with E-state index in [1.165, 1.54) is 22.7 Å². The topological polar surface area (TPSA) is 59.3 Å². The van der Waals surface area contributed by atoms with Gasteiger partial charge in [-0.15, -0.1) is 34.0 Å². The smallest absolute Gasteiger partial charge is 0.267 e. The van der Waals surface area contributed by atoms with Crippen molar-refractivity contribution in [2.24, 2.45) is 0 Å². The Morgan fingerprint density at radius 2 is 2.30 bits per heavy atom. The van der Waals surface area contributed by atoms with Crippen LogP contribution < -0.4 is 5.32 Å². The average Bonchev–Trinajstić information content (AvgIpc) is 3.10. The number of fused-ring (bicyclic) bond motifs is 3. The second-order valence-corrected chi connectivity index (χ2v) is 7.34. The number of thiophene rings is 1. The second kappa shape index (κ2) is 4.37. The maximum absolute atomic E-state index is 12.2. The summed E-state index contributed by atoms with van der Waals surface area (Å²) in [6, 6.07) is 1.88. The van der Waals surface area contributed by atoms with Gasteiger partial charge in [-0.3, -0.25) is 14.5 Å². The maximum atomic E-state index is 12.2. The summed E-state index contributed by atoms with van der Waals surface area (Å²) in [6.07, 6.45) is 3.71. The van der Waals surface area contributed by atoms with Crippen molar-refractivity contribution in [1.82, 2.24) is 14.4 Å². The van der Waals surface area contributed by atoms with E-state index in [-0.39, 0.29) is 5.91 Å². The molecule has 0 fully saturated rings. The summed E-state index contributed by atoms with van der Waals surface area (Å²) in [5, 5.41) is 5.43. The molecule has 20 heavy (non-hydrogen) atoms. The van der Waals surface area contributed by atoms with Gasteiger partial charge in [-0.2, -0.15) is 0 Å². The Morgan fingerprint density at radius 1 is 1.40 bits per heavy atom. The van der Waals surface area contributed by atoms with Crippen molar-refractivity contribution in [2.75, 3.05) is 5.32 Å². The number of hydrogen-bond acceptors (Lipinski definition) is 6. The van der Waals surface area contributed by atoms with E-state index in [4.69, 9.17) is 0 Å². The van der Waals surface area contributed by atoms with E-state index in [9.17, 15) is 4.79 Å². The molecule has 0 radical (unpaired) electrons. The summed E-state index contributed by atoms with van der Waals surface area (Å²) < 4.78 is 2.00. The summed E-state index contributed by atoms with van der Waals surface area (Å²) in [7, 11) is 0. The van der Waals surface area contributed by atoms with Gasteiger partial charge in [0.2, 0.25) is 0 Å². The quantitative estimate of drug-likeness (QED) is 0.613. The largest absolute Gasteiger partial charge is 0.297 e. The van der Waals surface area contributed by atoms with E-state index < -0.39 is 0 Å². The molecule has 4 rings (SSSR count). The van der Waals surface area contributed by atoms with Crippen LogP contribution in [0.5, 0.6) is 0 Å². The van der Waals surface area contributed by atoms with E-state index in [2.05, 4.69) is 15.3 Å². The van der Waals surface area contributed by atoms with Crippen molar-refractivity contribution in [3.05, 3.63) is 33.6 Å². The third-order valence-corrected chi connectivity index (χ3v) is 5.41. The van der Waals surface area contributed by atoms with E-state index in [0.29, 0.717) is 10.0 Å². The van der Waals surface area contributed by atoms with Gasteiger partial charge in [0.1, 0.15) is 4.83 Å². The normalized spacial score (nSPS) is 11.4. The first-order valence-electron chi connectivity index (χ1n) is 5.79. The van der Waals surface area contributed by atoms with Gasteiger partial charge in [-0.1, -0.05) is 0 Å². The lowest BCUT2D eigenvalue weighted by atomic mass is 10.4. The van der Waals surface area contributed by atoms with Gasteiger partial charge in [0.05, 0.1) is 10.4 Å². The number of amides is 1. The van der Waals surface area contributed by atoms with E-state index >= 15 is 0 Å². The molecule has 0 bridgehead atoms. The van der Waals surface area contributed by atoms with Crippen LogP contribution >= 0.6 is 34.0 Å². The van der Waals surface area contributed by atoms with Crippen LogP contribution in [0.3, 0.4) is 0 Å². The fourth-order valence-electron chi connectivity index (χ4n) is 1.93. The van der Waals surface area contributed by atoms with Gasteiger partial charge in [0.25, 0.3) is 5.91 Å². The molecule has 5 nitrogen and oxygen atoms in total. The van der Waals surface area contributed by atoms with E-state index in [0.717, 1.165) is 20.2 Å². The number of rotatable bonds is 2. The standard InChI is InChI=1S/C12H8N4OS3/c1-6-5-13-11(19-6)14-9(17)8-4-7-10(20-8)15-12-16(7)2-3-18-12/h2-5H,1H3,(H,13,14,17). The molecule has 0 aliphatic carbocycles. The number of imidazole rings is 1. The zero-order chi connectivity index (χ0) is 13.7. The SMILES string of the molecule is Cc1cnc(NC(=O)c2cc3c(nc4sccn43)s2)s1. The van der Waals surface area contributed by atoms with Crippen LogP contribution in [-0.2, 0) is 0 Å². The summed E-state index contributed by atoms with van der Waals surface area (Å²) >= 11 is 4.45. The third kappa shape index (κ3) is 1.84. The van der Waals surface area contributed by atoms with Crippen molar-refractivity contribution >= 4 is 60.4 Å². The van der Waals surface area contributed by atoms with Crippen molar-refractivity contribution < 1.29 is 4.79 Å². The van der Waals surface area contributed by atoms with Crippen LogP contribution in [0.4, 0.5) is 5.13 Å². The molecule has 4 aromatic heterocycles. The monoisotopic (exact) mass is 320 g/mol. The Balaban J connectivity index is 1.70. The van der Waals surface area contributed by atoms with E-state index in [1.807, 2.05) is 29.0 Å². The number of nitrogens with zero attached hydrogens (tertiary/aromatic N) is 3. The lowest BCUT2D eigenvalue weighted by Gasteiger charge is -1.97. The van der Waals surface area contributed by atoms with Crippen LogP contribution in [-0.4, -0.2) is 20.3 Å². The van der Waals surface area contributed by atoms with Crippen molar-refractivity contribution in [2.45, 2.75) is 6.92 Å². The highest BCUT2D eigenvalue weighted by Crippen LogP contribution is 2.29.